The number of hydrogen-bond donors (Lipinski definition) is 2. The molecule has 3 aliphatic rings. The summed E-state index contributed by atoms with van der Waals surface area (Å²) < 4.78 is 0. The third kappa shape index (κ3) is 3.90. The Bertz CT molecular complexity index is 756. The van der Waals surface area contributed by atoms with Crippen molar-refractivity contribution in [3.05, 3.63) is 29.3 Å². The van der Waals surface area contributed by atoms with Gasteiger partial charge in [-0.2, -0.15) is 0 Å². The number of anilines is 1. The van der Waals surface area contributed by atoms with E-state index < -0.39 is 6.04 Å². The van der Waals surface area contributed by atoms with Gasteiger partial charge in [-0.25, -0.2) is 0 Å². The summed E-state index contributed by atoms with van der Waals surface area (Å²) in [5.41, 5.74) is 2.66. The molecule has 2 saturated heterocycles. The minimum absolute atomic E-state index is 0.139. The van der Waals surface area contributed by atoms with Gasteiger partial charge >= 0.3 is 0 Å². The van der Waals surface area contributed by atoms with Gasteiger partial charge in [-0.3, -0.25) is 19.7 Å². The van der Waals surface area contributed by atoms with Crippen LogP contribution in [0.1, 0.15) is 55.5 Å². The fourth-order valence-electron chi connectivity index (χ4n) is 4.13. The lowest BCUT2D eigenvalue weighted by Crippen LogP contribution is -2.52. The molecular weight excluding hydrogens is 358 g/mol. The molecule has 0 radical (unpaired) electrons. The Labute approximate surface area is 165 Å². The van der Waals surface area contributed by atoms with Crippen molar-refractivity contribution in [3.8, 4) is 0 Å². The van der Waals surface area contributed by atoms with E-state index in [-0.39, 0.29) is 30.7 Å². The van der Waals surface area contributed by atoms with Gasteiger partial charge in [0.05, 0.1) is 0 Å². The molecule has 152 valence electrons. The number of carbonyl (C=O) groups excluding carboxylic acids is 3. The van der Waals surface area contributed by atoms with Crippen molar-refractivity contribution >= 4 is 23.4 Å². The first-order chi connectivity index (χ1) is 13.6. The number of hydrogen-bond acceptors (Lipinski definition) is 5. The van der Waals surface area contributed by atoms with Crippen LogP contribution in [-0.4, -0.2) is 53.5 Å². The second-order valence-electron chi connectivity index (χ2n) is 7.35. The highest BCUT2D eigenvalue weighted by Crippen LogP contribution is 2.31. The average molecular weight is 387 g/mol. The van der Waals surface area contributed by atoms with Gasteiger partial charge in [0.25, 0.3) is 5.91 Å². The van der Waals surface area contributed by atoms with E-state index in [0.717, 1.165) is 37.2 Å². The summed E-state index contributed by atoms with van der Waals surface area (Å²) in [4.78, 5) is 40.0. The van der Waals surface area contributed by atoms with Gasteiger partial charge in [-0.1, -0.05) is 13.8 Å². The number of nitrogens with zero attached hydrogens (tertiary/aromatic N) is 2. The summed E-state index contributed by atoms with van der Waals surface area (Å²) in [6, 6.07) is 5.27. The van der Waals surface area contributed by atoms with Crippen molar-refractivity contribution in [2.75, 3.05) is 24.6 Å². The molecule has 3 heterocycles. The molecule has 0 saturated carbocycles. The molecule has 0 aliphatic carbocycles. The maximum atomic E-state index is 12.7. The molecule has 2 N–H and O–H groups in total. The molecule has 3 aliphatic heterocycles. The van der Waals surface area contributed by atoms with E-state index in [1.165, 1.54) is 0 Å². The molecule has 1 atom stereocenters. The van der Waals surface area contributed by atoms with Crippen LogP contribution in [0.3, 0.4) is 0 Å². The van der Waals surface area contributed by atoms with Crippen molar-refractivity contribution in [1.82, 2.24) is 10.2 Å². The van der Waals surface area contributed by atoms with Crippen LogP contribution >= 0.6 is 0 Å². The molecule has 0 aromatic heterocycles. The summed E-state index contributed by atoms with van der Waals surface area (Å²) in [6.07, 6.45) is 2.58. The third-order valence-corrected chi connectivity index (χ3v) is 5.74. The van der Waals surface area contributed by atoms with Gasteiger partial charge in [-0.15, -0.1) is 0 Å². The molecule has 1 aromatic rings. The van der Waals surface area contributed by atoms with Crippen LogP contribution in [0, 0.1) is 5.92 Å². The lowest BCUT2D eigenvalue weighted by atomic mass is 9.97. The quantitative estimate of drug-likeness (QED) is 0.771. The normalized spacial score (nSPS) is 22.5. The number of fused-ring (bicyclic) bond motifs is 1. The smallest absolute Gasteiger partial charge is 0.255 e. The van der Waals surface area contributed by atoms with Crippen molar-refractivity contribution < 1.29 is 19.5 Å². The number of aliphatic hydroxyl groups excluding tert-OH is 1. The Morgan fingerprint density at radius 1 is 1.11 bits per heavy atom. The minimum Gasteiger partial charge on any atom is -0.396 e. The van der Waals surface area contributed by atoms with Crippen LogP contribution in [0.15, 0.2) is 18.2 Å². The first-order valence-corrected chi connectivity index (χ1v) is 10.2. The molecule has 1 unspecified atom stereocenters. The Balaban J connectivity index is 0.00000109. The zero-order valence-corrected chi connectivity index (χ0v) is 16.6. The molecule has 7 nitrogen and oxygen atoms in total. The van der Waals surface area contributed by atoms with Gasteiger partial charge in [0.1, 0.15) is 6.04 Å². The second kappa shape index (κ2) is 8.73. The van der Waals surface area contributed by atoms with Gasteiger partial charge in [0, 0.05) is 43.9 Å². The minimum atomic E-state index is -0.573. The van der Waals surface area contributed by atoms with Crippen molar-refractivity contribution in [1.29, 1.82) is 0 Å². The predicted octanol–water partition coefficient (Wildman–Crippen LogP) is 1.68. The number of aliphatic hydroxyl groups is 1. The zero-order chi connectivity index (χ0) is 20.3. The van der Waals surface area contributed by atoms with Gasteiger partial charge in [-0.05, 0) is 48.9 Å². The molecular formula is C21H29N3O4. The number of amides is 3. The molecule has 0 bridgehead atoms. The van der Waals surface area contributed by atoms with E-state index >= 15 is 0 Å². The highest BCUT2D eigenvalue weighted by molar-refractivity contribution is 6.05. The second-order valence-corrected chi connectivity index (χ2v) is 7.35. The lowest BCUT2D eigenvalue weighted by molar-refractivity contribution is -0.136. The number of benzene rings is 1. The number of imide groups is 1. The SMILES string of the molecule is CC.O=C1CCC(N2Cc3cc(N4CCC(CO)CC4)ccc3C2=O)C(=O)N1. The maximum absolute atomic E-state index is 12.7. The van der Waals surface area contributed by atoms with E-state index in [0.29, 0.717) is 24.4 Å². The molecule has 3 amide bonds. The van der Waals surface area contributed by atoms with Gasteiger partial charge in [0.15, 0.2) is 0 Å². The summed E-state index contributed by atoms with van der Waals surface area (Å²) in [7, 11) is 0. The summed E-state index contributed by atoms with van der Waals surface area (Å²) in [5, 5.41) is 11.6. The van der Waals surface area contributed by atoms with E-state index in [2.05, 4.69) is 10.2 Å². The Morgan fingerprint density at radius 3 is 2.46 bits per heavy atom. The fourth-order valence-corrected chi connectivity index (χ4v) is 4.13. The number of piperidine rings is 2. The maximum Gasteiger partial charge on any atom is 0.255 e. The van der Waals surface area contributed by atoms with Crippen LogP contribution in [0.4, 0.5) is 5.69 Å². The highest BCUT2D eigenvalue weighted by atomic mass is 16.3. The lowest BCUT2D eigenvalue weighted by Gasteiger charge is -2.33. The van der Waals surface area contributed by atoms with Crippen LogP contribution in [0.25, 0.3) is 0 Å². The Kier molecular flexibility index (Phi) is 6.34. The van der Waals surface area contributed by atoms with E-state index in [4.69, 9.17) is 0 Å². The first-order valence-electron chi connectivity index (χ1n) is 10.2. The number of nitrogens with one attached hydrogen (secondary N) is 1. The molecule has 4 rings (SSSR count). The van der Waals surface area contributed by atoms with Crippen molar-refractivity contribution in [3.63, 3.8) is 0 Å². The first kappa shape index (κ1) is 20.3. The average Bonchev–Trinajstić information content (AvgIpc) is 3.05. The van der Waals surface area contributed by atoms with Gasteiger partial charge < -0.3 is 14.9 Å². The summed E-state index contributed by atoms with van der Waals surface area (Å²) >= 11 is 0. The monoisotopic (exact) mass is 387 g/mol. The fraction of sp³-hybridized carbons (Fsp3) is 0.571. The topological polar surface area (TPSA) is 90.0 Å². The van der Waals surface area contributed by atoms with Crippen molar-refractivity contribution in [2.24, 2.45) is 5.92 Å². The highest BCUT2D eigenvalue weighted by Gasteiger charge is 2.39. The van der Waals surface area contributed by atoms with Crippen LogP contribution < -0.4 is 10.2 Å². The molecule has 7 heteroatoms. The van der Waals surface area contributed by atoms with Gasteiger partial charge in [0.2, 0.25) is 11.8 Å². The summed E-state index contributed by atoms with van der Waals surface area (Å²) in [6.45, 7) is 6.44. The molecule has 2 fully saturated rings. The predicted molar refractivity (Wildman–Crippen MR) is 106 cm³/mol. The van der Waals surface area contributed by atoms with E-state index in [1.54, 1.807) is 4.90 Å². The standard InChI is InChI=1S/C19H23N3O4.C2H6/c23-11-12-5-7-21(8-6-12)14-1-2-15-13(9-14)10-22(19(15)26)16-3-4-17(24)20-18(16)25;1-2/h1-2,9,12,16,23H,3-8,10-11H2,(H,20,24,25);1-2H3. The molecule has 1 aromatic carbocycles. The van der Waals surface area contributed by atoms with Crippen molar-refractivity contribution in [2.45, 2.75) is 52.1 Å². The van der Waals surface area contributed by atoms with Crippen LogP contribution in [0.2, 0.25) is 0 Å². The van der Waals surface area contributed by atoms with Crippen LogP contribution in [-0.2, 0) is 16.1 Å². The molecule has 0 spiro atoms. The zero-order valence-electron chi connectivity index (χ0n) is 16.6. The van der Waals surface area contributed by atoms with E-state index in [1.807, 2.05) is 32.0 Å². The number of rotatable bonds is 3. The van der Waals surface area contributed by atoms with E-state index in [9.17, 15) is 19.5 Å². The largest absolute Gasteiger partial charge is 0.396 e. The third-order valence-electron chi connectivity index (χ3n) is 5.74. The number of carbonyl (C=O) groups is 3. The van der Waals surface area contributed by atoms with Crippen LogP contribution in [0.5, 0.6) is 0 Å². The summed E-state index contributed by atoms with van der Waals surface area (Å²) in [5.74, 6) is -0.414. The Hall–Kier alpha value is -2.41. The molecule has 28 heavy (non-hydrogen) atoms. The Morgan fingerprint density at radius 2 is 1.82 bits per heavy atom.